The average Bonchev–Trinajstić information content (AvgIpc) is 2.71. The van der Waals surface area contributed by atoms with Crippen LogP contribution in [0, 0.1) is 25.5 Å². The summed E-state index contributed by atoms with van der Waals surface area (Å²) in [6, 6.07) is 4.01. The van der Waals surface area contributed by atoms with E-state index < -0.39 is 23.1 Å². The monoisotopic (exact) mass is 296 g/mol. The smallest absolute Gasteiger partial charge is 0.257 e. The van der Waals surface area contributed by atoms with Gasteiger partial charge >= 0.3 is 0 Å². The Labute approximate surface area is 119 Å². The van der Waals surface area contributed by atoms with E-state index in [1.165, 1.54) is 11.3 Å². The second kappa shape index (κ2) is 5.58. The first kappa shape index (κ1) is 14.5. The standard InChI is InChI=1S/C14H14F2N2OS/c1-7-5-9(20-8(7)2)6-18-14(19)12-10(15)3-4-11(17)13(12)16/h3-5H,6,17H2,1-2H3,(H,18,19). The van der Waals surface area contributed by atoms with Gasteiger partial charge in [-0.05, 0) is 37.6 Å². The highest BCUT2D eigenvalue weighted by atomic mass is 32.1. The van der Waals surface area contributed by atoms with Crippen molar-refractivity contribution in [3.63, 3.8) is 0 Å². The van der Waals surface area contributed by atoms with Crippen molar-refractivity contribution in [1.82, 2.24) is 5.32 Å². The molecule has 0 saturated heterocycles. The number of thiophene rings is 1. The fraction of sp³-hybridized carbons (Fsp3) is 0.214. The number of halogens is 2. The molecule has 20 heavy (non-hydrogen) atoms. The summed E-state index contributed by atoms with van der Waals surface area (Å²) in [5.41, 5.74) is 5.57. The Balaban J connectivity index is 2.15. The van der Waals surface area contributed by atoms with E-state index >= 15 is 0 Å². The van der Waals surface area contributed by atoms with Crippen molar-refractivity contribution in [2.24, 2.45) is 0 Å². The van der Waals surface area contributed by atoms with Crippen LogP contribution >= 0.6 is 11.3 Å². The van der Waals surface area contributed by atoms with E-state index in [1.54, 1.807) is 0 Å². The summed E-state index contributed by atoms with van der Waals surface area (Å²) >= 11 is 1.54. The third-order valence-electron chi connectivity index (χ3n) is 2.99. The Hall–Kier alpha value is -1.95. The fourth-order valence-corrected chi connectivity index (χ4v) is 2.76. The number of carbonyl (C=O) groups excluding carboxylic acids is 1. The van der Waals surface area contributed by atoms with Gasteiger partial charge in [0.2, 0.25) is 0 Å². The molecule has 0 fully saturated rings. The summed E-state index contributed by atoms with van der Waals surface area (Å²) in [5.74, 6) is -2.76. The van der Waals surface area contributed by atoms with E-state index in [-0.39, 0.29) is 12.2 Å². The molecular formula is C14H14F2N2OS. The summed E-state index contributed by atoms with van der Waals surface area (Å²) in [6.07, 6.45) is 0. The number of benzene rings is 1. The molecule has 0 atom stereocenters. The molecule has 3 N–H and O–H groups in total. The third-order valence-corrected chi connectivity index (χ3v) is 4.14. The van der Waals surface area contributed by atoms with E-state index in [0.717, 1.165) is 27.5 Å². The molecule has 3 nitrogen and oxygen atoms in total. The summed E-state index contributed by atoms with van der Waals surface area (Å²) in [7, 11) is 0. The van der Waals surface area contributed by atoms with Crippen LogP contribution < -0.4 is 11.1 Å². The van der Waals surface area contributed by atoms with Crippen LogP contribution in [0.1, 0.15) is 25.7 Å². The summed E-state index contributed by atoms with van der Waals surface area (Å²) in [5, 5.41) is 2.50. The fourth-order valence-electron chi connectivity index (χ4n) is 1.77. The Bertz CT molecular complexity index is 648. The van der Waals surface area contributed by atoms with Crippen LogP contribution in [0.3, 0.4) is 0 Å². The highest BCUT2D eigenvalue weighted by molar-refractivity contribution is 7.12. The van der Waals surface area contributed by atoms with Gasteiger partial charge in [0.15, 0.2) is 5.82 Å². The Morgan fingerprint density at radius 2 is 2.05 bits per heavy atom. The molecule has 0 radical (unpaired) electrons. The lowest BCUT2D eigenvalue weighted by Crippen LogP contribution is -2.25. The molecule has 1 amide bonds. The molecule has 1 aromatic heterocycles. The van der Waals surface area contributed by atoms with Crippen LogP contribution in [0.2, 0.25) is 0 Å². The molecule has 0 bridgehead atoms. The highest BCUT2D eigenvalue weighted by Gasteiger charge is 2.19. The Morgan fingerprint density at radius 3 is 2.65 bits per heavy atom. The second-order valence-electron chi connectivity index (χ2n) is 4.46. The summed E-state index contributed by atoms with van der Waals surface area (Å²) in [4.78, 5) is 13.9. The summed E-state index contributed by atoms with van der Waals surface area (Å²) in [6.45, 7) is 4.17. The molecule has 6 heteroatoms. The molecule has 106 valence electrons. The zero-order valence-corrected chi connectivity index (χ0v) is 11.9. The average molecular weight is 296 g/mol. The van der Waals surface area contributed by atoms with E-state index in [2.05, 4.69) is 5.32 Å². The molecule has 1 heterocycles. The van der Waals surface area contributed by atoms with Crippen molar-refractivity contribution in [2.75, 3.05) is 5.73 Å². The number of nitrogen functional groups attached to an aromatic ring is 1. The number of anilines is 1. The zero-order valence-electron chi connectivity index (χ0n) is 11.1. The van der Waals surface area contributed by atoms with Gasteiger partial charge in [-0.25, -0.2) is 8.78 Å². The number of hydrogen-bond donors (Lipinski definition) is 2. The van der Waals surface area contributed by atoms with E-state index in [1.807, 2.05) is 19.9 Å². The summed E-state index contributed by atoms with van der Waals surface area (Å²) < 4.78 is 27.2. The van der Waals surface area contributed by atoms with Crippen molar-refractivity contribution >= 4 is 22.9 Å². The van der Waals surface area contributed by atoms with Gasteiger partial charge in [-0.15, -0.1) is 11.3 Å². The number of carbonyl (C=O) groups is 1. The van der Waals surface area contributed by atoms with Gasteiger partial charge in [0.05, 0.1) is 12.2 Å². The van der Waals surface area contributed by atoms with Crippen molar-refractivity contribution in [1.29, 1.82) is 0 Å². The SMILES string of the molecule is Cc1cc(CNC(=O)c2c(F)ccc(N)c2F)sc1C. The molecular weight excluding hydrogens is 282 g/mol. The maximum absolute atomic E-state index is 13.7. The molecule has 0 saturated carbocycles. The normalized spacial score (nSPS) is 10.6. The number of amides is 1. The minimum Gasteiger partial charge on any atom is -0.396 e. The van der Waals surface area contributed by atoms with Gasteiger partial charge in [0.1, 0.15) is 11.4 Å². The number of hydrogen-bond acceptors (Lipinski definition) is 3. The minimum atomic E-state index is -1.03. The van der Waals surface area contributed by atoms with Crippen molar-refractivity contribution in [3.05, 3.63) is 50.7 Å². The molecule has 0 aliphatic carbocycles. The van der Waals surface area contributed by atoms with Crippen LogP contribution in [0.5, 0.6) is 0 Å². The lowest BCUT2D eigenvalue weighted by atomic mass is 10.1. The van der Waals surface area contributed by atoms with E-state index in [0.29, 0.717) is 0 Å². The maximum atomic E-state index is 13.7. The number of aryl methyl sites for hydroxylation is 2. The molecule has 0 spiro atoms. The topological polar surface area (TPSA) is 55.1 Å². The first-order valence-corrected chi connectivity index (χ1v) is 6.79. The number of nitrogens with two attached hydrogens (primary N) is 1. The van der Waals surface area contributed by atoms with Crippen LogP contribution in [0.15, 0.2) is 18.2 Å². The third kappa shape index (κ3) is 2.80. The lowest BCUT2D eigenvalue weighted by molar-refractivity contribution is 0.0943. The Morgan fingerprint density at radius 1 is 1.35 bits per heavy atom. The van der Waals surface area contributed by atoms with E-state index in [4.69, 9.17) is 5.73 Å². The van der Waals surface area contributed by atoms with Crippen molar-refractivity contribution in [3.8, 4) is 0 Å². The quantitative estimate of drug-likeness (QED) is 0.855. The Kier molecular flexibility index (Phi) is 4.04. The number of rotatable bonds is 3. The molecule has 0 aliphatic heterocycles. The predicted octanol–water partition coefficient (Wildman–Crippen LogP) is 3.16. The van der Waals surface area contributed by atoms with Gasteiger partial charge in [0, 0.05) is 9.75 Å². The molecule has 0 unspecified atom stereocenters. The largest absolute Gasteiger partial charge is 0.396 e. The van der Waals surface area contributed by atoms with Gasteiger partial charge in [-0.1, -0.05) is 0 Å². The van der Waals surface area contributed by atoms with Crippen LogP contribution in [0.25, 0.3) is 0 Å². The van der Waals surface area contributed by atoms with Gasteiger partial charge < -0.3 is 11.1 Å². The van der Waals surface area contributed by atoms with Gasteiger partial charge in [-0.2, -0.15) is 0 Å². The van der Waals surface area contributed by atoms with E-state index in [9.17, 15) is 13.6 Å². The first-order chi connectivity index (χ1) is 9.40. The minimum absolute atomic E-state index is 0.228. The second-order valence-corrected chi connectivity index (χ2v) is 5.80. The highest BCUT2D eigenvalue weighted by Crippen LogP contribution is 2.21. The molecule has 2 rings (SSSR count). The zero-order chi connectivity index (χ0) is 14.9. The first-order valence-electron chi connectivity index (χ1n) is 5.97. The van der Waals surface area contributed by atoms with Gasteiger partial charge in [0.25, 0.3) is 5.91 Å². The van der Waals surface area contributed by atoms with Crippen LogP contribution in [0.4, 0.5) is 14.5 Å². The van der Waals surface area contributed by atoms with Crippen LogP contribution in [-0.2, 0) is 6.54 Å². The maximum Gasteiger partial charge on any atom is 0.257 e. The van der Waals surface area contributed by atoms with Gasteiger partial charge in [-0.3, -0.25) is 4.79 Å². The molecule has 1 aromatic carbocycles. The molecule has 0 aliphatic rings. The molecule has 2 aromatic rings. The lowest BCUT2D eigenvalue weighted by Gasteiger charge is -2.07. The van der Waals surface area contributed by atoms with Crippen molar-refractivity contribution in [2.45, 2.75) is 20.4 Å². The van der Waals surface area contributed by atoms with Crippen molar-refractivity contribution < 1.29 is 13.6 Å². The predicted molar refractivity (Wildman–Crippen MR) is 75.7 cm³/mol. The number of nitrogens with one attached hydrogen (secondary N) is 1. The van der Waals surface area contributed by atoms with Crippen LogP contribution in [-0.4, -0.2) is 5.91 Å².